The molecular formula is C20H20BrFN2O3. The number of aryl methyl sites for hydroxylation is 1. The van der Waals surface area contributed by atoms with Gasteiger partial charge in [0.05, 0.1) is 23.8 Å². The minimum Gasteiger partial charge on any atom is -0.489 e. The molecule has 0 bridgehead atoms. The van der Waals surface area contributed by atoms with Crippen molar-refractivity contribution in [3.63, 3.8) is 0 Å². The average molecular weight is 435 g/mol. The number of amides is 1. The van der Waals surface area contributed by atoms with E-state index in [1.54, 1.807) is 29.3 Å². The van der Waals surface area contributed by atoms with Crippen LogP contribution in [0.4, 0.5) is 4.39 Å². The van der Waals surface area contributed by atoms with Crippen LogP contribution in [-0.4, -0.2) is 48.2 Å². The van der Waals surface area contributed by atoms with E-state index in [2.05, 4.69) is 20.9 Å². The van der Waals surface area contributed by atoms with E-state index in [0.717, 1.165) is 11.3 Å². The topological polar surface area (TPSA) is 51.7 Å². The van der Waals surface area contributed by atoms with Gasteiger partial charge in [0.1, 0.15) is 24.3 Å². The molecule has 7 heteroatoms. The zero-order chi connectivity index (χ0) is 19.2. The Morgan fingerprint density at radius 1 is 1.44 bits per heavy atom. The van der Waals surface area contributed by atoms with Crippen molar-refractivity contribution in [2.75, 3.05) is 26.3 Å². The highest BCUT2D eigenvalue weighted by molar-refractivity contribution is 9.10. The fraction of sp³-hybridized carbons (Fsp3) is 0.300. The fourth-order valence-electron chi connectivity index (χ4n) is 2.64. The summed E-state index contributed by atoms with van der Waals surface area (Å²) in [6.07, 6.45) is 4.64. The molecule has 1 atom stereocenters. The van der Waals surface area contributed by atoms with Crippen LogP contribution in [0.2, 0.25) is 0 Å². The van der Waals surface area contributed by atoms with Crippen LogP contribution in [0.1, 0.15) is 11.3 Å². The summed E-state index contributed by atoms with van der Waals surface area (Å²) in [5, 5.41) is 0. The average Bonchev–Trinajstić information content (AvgIpc) is 2.68. The minimum absolute atomic E-state index is 0.110. The largest absolute Gasteiger partial charge is 0.489 e. The third-order valence-corrected chi connectivity index (χ3v) is 4.74. The van der Waals surface area contributed by atoms with Gasteiger partial charge in [-0.3, -0.25) is 9.78 Å². The molecule has 1 aliphatic heterocycles. The number of halogens is 2. The zero-order valence-electron chi connectivity index (χ0n) is 14.9. The summed E-state index contributed by atoms with van der Waals surface area (Å²) in [6.45, 7) is 3.70. The summed E-state index contributed by atoms with van der Waals surface area (Å²) in [4.78, 5) is 18.3. The van der Waals surface area contributed by atoms with E-state index in [1.807, 2.05) is 19.1 Å². The number of nitrogens with zero attached hydrogens (tertiary/aromatic N) is 2. The molecule has 1 amide bonds. The van der Waals surface area contributed by atoms with E-state index in [-0.39, 0.29) is 17.8 Å². The normalized spacial score (nSPS) is 17.3. The maximum atomic E-state index is 13.3. The molecule has 1 fully saturated rings. The molecule has 1 aromatic heterocycles. The van der Waals surface area contributed by atoms with Crippen LogP contribution in [0.3, 0.4) is 0 Å². The van der Waals surface area contributed by atoms with Gasteiger partial charge >= 0.3 is 0 Å². The molecule has 27 heavy (non-hydrogen) atoms. The van der Waals surface area contributed by atoms with Crippen LogP contribution < -0.4 is 4.74 Å². The van der Waals surface area contributed by atoms with E-state index < -0.39 is 0 Å². The summed E-state index contributed by atoms with van der Waals surface area (Å²) < 4.78 is 25.0. The Morgan fingerprint density at radius 3 is 3.04 bits per heavy atom. The van der Waals surface area contributed by atoms with E-state index >= 15 is 0 Å². The van der Waals surface area contributed by atoms with Gasteiger partial charge in [-0.25, -0.2) is 4.39 Å². The van der Waals surface area contributed by atoms with Gasteiger partial charge in [-0.05, 0) is 58.8 Å². The first-order valence-electron chi connectivity index (χ1n) is 8.60. The summed E-state index contributed by atoms with van der Waals surface area (Å²) in [5.41, 5.74) is 1.67. The standard InChI is InChI=1S/C20H20BrFN2O3/c1-14-2-5-16(11-23-14)27-13-17-12-24(8-9-26-17)20(25)7-4-15-3-6-19(22)18(21)10-15/h2-7,10-11,17H,8-9,12-13H2,1H3/b7-4+. The molecule has 3 rings (SSSR count). The van der Waals surface area contributed by atoms with Gasteiger partial charge in [-0.1, -0.05) is 6.07 Å². The maximum Gasteiger partial charge on any atom is 0.246 e. The molecule has 0 saturated carbocycles. The van der Waals surface area contributed by atoms with Crippen molar-refractivity contribution in [3.05, 3.63) is 64.2 Å². The van der Waals surface area contributed by atoms with Crippen LogP contribution >= 0.6 is 15.9 Å². The van der Waals surface area contributed by atoms with Crippen molar-refractivity contribution >= 4 is 27.9 Å². The molecule has 0 aliphatic carbocycles. The predicted molar refractivity (Wildman–Crippen MR) is 104 cm³/mol. The minimum atomic E-state index is -0.335. The van der Waals surface area contributed by atoms with E-state index in [4.69, 9.17) is 9.47 Å². The number of hydrogen-bond acceptors (Lipinski definition) is 4. The van der Waals surface area contributed by atoms with Crippen LogP contribution in [-0.2, 0) is 9.53 Å². The fourth-order valence-corrected chi connectivity index (χ4v) is 3.03. The lowest BCUT2D eigenvalue weighted by Crippen LogP contribution is -2.47. The second-order valence-corrected chi connectivity index (χ2v) is 7.08. The summed E-state index contributed by atoms with van der Waals surface area (Å²) in [7, 11) is 0. The number of aromatic nitrogens is 1. The molecule has 1 unspecified atom stereocenters. The molecule has 0 spiro atoms. The van der Waals surface area contributed by atoms with Crippen molar-refractivity contribution in [2.45, 2.75) is 13.0 Å². The lowest BCUT2D eigenvalue weighted by molar-refractivity contribution is -0.134. The Morgan fingerprint density at radius 2 is 2.30 bits per heavy atom. The molecule has 5 nitrogen and oxygen atoms in total. The quantitative estimate of drug-likeness (QED) is 0.674. The van der Waals surface area contributed by atoms with Gasteiger partial charge in [-0.2, -0.15) is 0 Å². The molecule has 142 valence electrons. The molecule has 0 radical (unpaired) electrons. The predicted octanol–water partition coefficient (Wildman–Crippen LogP) is 3.61. The second-order valence-electron chi connectivity index (χ2n) is 6.23. The monoisotopic (exact) mass is 434 g/mol. The molecule has 2 aromatic rings. The number of carbonyl (C=O) groups excluding carboxylic acids is 1. The van der Waals surface area contributed by atoms with Crippen molar-refractivity contribution in [1.29, 1.82) is 0 Å². The van der Waals surface area contributed by atoms with Crippen molar-refractivity contribution < 1.29 is 18.7 Å². The molecule has 1 aromatic carbocycles. The Labute approximate surface area is 165 Å². The SMILES string of the molecule is Cc1ccc(OCC2CN(C(=O)/C=C/c3ccc(F)c(Br)c3)CCO2)cn1. The van der Waals surface area contributed by atoms with Gasteiger partial charge in [0, 0.05) is 18.3 Å². The Kier molecular flexibility index (Phi) is 6.58. The van der Waals surface area contributed by atoms with Crippen molar-refractivity contribution in [1.82, 2.24) is 9.88 Å². The van der Waals surface area contributed by atoms with Crippen molar-refractivity contribution in [2.24, 2.45) is 0 Å². The maximum absolute atomic E-state index is 13.3. The first-order valence-corrected chi connectivity index (χ1v) is 9.39. The van der Waals surface area contributed by atoms with Gasteiger partial charge < -0.3 is 14.4 Å². The smallest absolute Gasteiger partial charge is 0.246 e. The number of benzene rings is 1. The van der Waals surface area contributed by atoms with Gasteiger partial charge in [0.25, 0.3) is 0 Å². The molecular weight excluding hydrogens is 415 g/mol. The Balaban J connectivity index is 1.53. The van der Waals surface area contributed by atoms with E-state index in [0.29, 0.717) is 36.5 Å². The van der Waals surface area contributed by atoms with Crippen molar-refractivity contribution in [3.8, 4) is 5.75 Å². The number of ether oxygens (including phenoxy) is 2. The number of hydrogen-bond donors (Lipinski definition) is 0. The first-order chi connectivity index (χ1) is 13.0. The Hall–Kier alpha value is -2.25. The summed E-state index contributed by atoms with van der Waals surface area (Å²) >= 11 is 3.14. The lowest BCUT2D eigenvalue weighted by Gasteiger charge is -2.32. The van der Waals surface area contributed by atoms with Gasteiger partial charge in [0.2, 0.25) is 5.91 Å². The molecule has 1 saturated heterocycles. The van der Waals surface area contributed by atoms with Gasteiger partial charge in [-0.15, -0.1) is 0 Å². The third kappa shape index (κ3) is 5.61. The lowest BCUT2D eigenvalue weighted by atomic mass is 10.2. The number of morpholine rings is 1. The zero-order valence-corrected chi connectivity index (χ0v) is 16.5. The summed E-state index contributed by atoms with van der Waals surface area (Å²) in [6, 6.07) is 8.35. The van der Waals surface area contributed by atoms with Crippen LogP contribution in [0.15, 0.2) is 47.1 Å². The molecule has 0 N–H and O–H groups in total. The highest BCUT2D eigenvalue weighted by atomic mass is 79.9. The Bertz CT molecular complexity index is 826. The number of rotatable bonds is 5. The first kappa shape index (κ1) is 19.5. The highest BCUT2D eigenvalue weighted by Gasteiger charge is 2.23. The number of pyridine rings is 1. The third-order valence-electron chi connectivity index (χ3n) is 4.13. The number of carbonyl (C=O) groups is 1. The molecule has 2 heterocycles. The van der Waals surface area contributed by atoms with Crippen LogP contribution in [0.25, 0.3) is 6.08 Å². The van der Waals surface area contributed by atoms with Gasteiger partial charge in [0.15, 0.2) is 0 Å². The van der Waals surface area contributed by atoms with E-state index in [1.165, 1.54) is 12.1 Å². The highest BCUT2D eigenvalue weighted by Crippen LogP contribution is 2.18. The van der Waals surface area contributed by atoms with E-state index in [9.17, 15) is 9.18 Å². The molecule has 1 aliphatic rings. The summed E-state index contributed by atoms with van der Waals surface area (Å²) in [5.74, 6) is 0.230. The van der Waals surface area contributed by atoms with Crippen LogP contribution in [0, 0.1) is 12.7 Å². The second kappa shape index (κ2) is 9.10. The van der Waals surface area contributed by atoms with Crippen LogP contribution in [0.5, 0.6) is 5.75 Å².